The number of β-amino-alcohol motifs (C(OH)–C–C–N with tert-alkyl or cyclic N) is 1. The summed E-state index contributed by atoms with van der Waals surface area (Å²) in [5.74, 6) is 0.845. The predicted octanol–water partition coefficient (Wildman–Crippen LogP) is 4.30. The molecule has 148 valence electrons. The fourth-order valence-electron chi connectivity index (χ4n) is 3.19. The van der Waals surface area contributed by atoms with Gasteiger partial charge in [-0.25, -0.2) is 0 Å². The van der Waals surface area contributed by atoms with Gasteiger partial charge in [0.05, 0.1) is 12.7 Å². The van der Waals surface area contributed by atoms with Gasteiger partial charge in [-0.1, -0.05) is 40.2 Å². The standard InChI is InChI=1S/C21H26BrNO3.ClH/c1-15-5-3-8-20(16(15)2)26-14-19(24)12-23-9-10-25-21(13-23)17-6-4-7-18(22)11-17;/h3-8,11,19,21,24H,9-10,12-14H2,1-2H3;1H. The molecule has 6 heteroatoms. The van der Waals surface area contributed by atoms with E-state index in [1.165, 1.54) is 5.56 Å². The summed E-state index contributed by atoms with van der Waals surface area (Å²) in [6, 6.07) is 14.2. The summed E-state index contributed by atoms with van der Waals surface area (Å²) >= 11 is 3.51. The third kappa shape index (κ3) is 6.19. The van der Waals surface area contributed by atoms with Gasteiger partial charge in [-0.2, -0.15) is 0 Å². The predicted molar refractivity (Wildman–Crippen MR) is 114 cm³/mol. The van der Waals surface area contributed by atoms with Crippen LogP contribution in [0.2, 0.25) is 0 Å². The zero-order chi connectivity index (χ0) is 18.5. The molecular formula is C21H27BrClNO3. The number of morpholine rings is 1. The van der Waals surface area contributed by atoms with Crippen LogP contribution in [0.1, 0.15) is 22.8 Å². The summed E-state index contributed by atoms with van der Waals surface area (Å²) in [7, 11) is 0. The lowest BCUT2D eigenvalue weighted by atomic mass is 10.1. The van der Waals surface area contributed by atoms with Crippen LogP contribution >= 0.6 is 28.3 Å². The maximum atomic E-state index is 10.4. The van der Waals surface area contributed by atoms with Crippen molar-refractivity contribution in [2.75, 3.05) is 32.8 Å². The molecular weight excluding hydrogens is 430 g/mol. The van der Waals surface area contributed by atoms with Gasteiger partial charge in [0, 0.05) is 24.1 Å². The smallest absolute Gasteiger partial charge is 0.122 e. The molecule has 1 aliphatic rings. The Kier molecular flexibility index (Phi) is 8.58. The van der Waals surface area contributed by atoms with Crippen LogP contribution in [0.25, 0.3) is 0 Å². The van der Waals surface area contributed by atoms with E-state index in [1.807, 2.05) is 31.2 Å². The minimum Gasteiger partial charge on any atom is -0.491 e. The molecule has 3 rings (SSSR count). The highest BCUT2D eigenvalue weighted by Gasteiger charge is 2.24. The highest BCUT2D eigenvalue weighted by atomic mass is 79.9. The fraction of sp³-hybridized carbons (Fsp3) is 0.429. The molecule has 0 radical (unpaired) electrons. The van der Waals surface area contributed by atoms with Crippen LogP contribution in [-0.2, 0) is 4.74 Å². The molecule has 0 aliphatic carbocycles. The van der Waals surface area contributed by atoms with Gasteiger partial charge >= 0.3 is 0 Å². The Labute approximate surface area is 176 Å². The van der Waals surface area contributed by atoms with Crippen molar-refractivity contribution in [1.29, 1.82) is 0 Å². The van der Waals surface area contributed by atoms with Crippen LogP contribution < -0.4 is 4.74 Å². The second-order valence-electron chi connectivity index (χ2n) is 6.84. The molecule has 1 heterocycles. The van der Waals surface area contributed by atoms with E-state index in [9.17, 15) is 5.11 Å². The number of nitrogens with zero attached hydrogens (tertiary/aromatic N) is 1. The zero-order valence-electron chi connectivity index (χ0n) is 15.7. The van der Waals surface area contributed by atoms with E-state index >= 15 is 0 Å². The average molecular weight is 457 g/mol. The van der Waals surface area contributed by atoms with Gasteiger partial charge in [-0.05, 0) is 48.7 Å². The molecule has 0 saturated carbocycles. The number of hydrogen-bond acceptors (Lipinski definition) is 4. The number of aliphatic hydroxyl groups is 1. The van der Waals surface area contributed by atoms with E-state index in [0.717, 1.165) is 34.4 Å². The van der Waals surface area contributed by atoms with Crippen LogP contribution in [0.4, 0.5) is 0 Å². The lowest BCUT2D eigenvalue weighted by Gasteiger charge is -2.34. The van der Waals surface area contributed by atoms with Crippen molar-refractivity contribution in [1.82, 2.24) is 4.90 Å². The Balaban J connectivity index is 0.00000261. The van der Waals surface area contributed by atoms with Crippen LogP contribution in [0.5, 0.6) is 5.75 Å². The lowest BCUT2D eigenvalue weighted by Crippen LogP contribution is -2.43. The van der Waals surface area contributed by atoms with Crippen molar-refractivity contribution in [2.24, 2.45) is 0 Å². The average Bonchev–Trinajstić information content (AvgIpc) is 2.63. The Morgan fingerprint density at radius 1 is 1.26 bits per heavy atom. The second-order valence-corrected chi connectivity index (χ2v) is 7.75. The third-order valence-electron chi connectivity index (χ3n) is 4.83. The largest absolute Gasteiger partial charge is 0.491 e. The molecule has 27 heavy (non-hydrogen) atoms. The molecule has 0 spiro atoms. The summed E-state index contributed by atoms with van der Waals surface area (Å²) in [6.07, 6.45) is -0.496. The highest BCUT2D eigenvalue weighted by molar-refractivity contribution is 9.10. The van der Waals surface area contributed by atoms with Gasteiger partial charge in [0.1, 0.15) is 18.5 Å². The molecule has 0 bridgehead atoms. The molecule has 1 N–H and O–H groups in total. The maximum absolute atomic E-state index is 10.4. The Bertz CT molecular complexity index is 743. The normalized spacial score (nSPS) is 18.6. The van der Waals surface area contributed by atoms with Crippen LogP contribution in [0, 0.1) is 13.8 Å². The van der Waals surface area contributed by atoms with E-state index in [1.54, 1.807) is 0 Å². The van der Waals surface area contributed by atoms with Crippen LogP contribution in [-0.4, -0.2) is 49.0 Å². The van der Waals surface area contributed by atoms with Gasteiger partial charge < -0.3 is 14.6 Å². The molecule has 1 saturated heterocycles. The van der Waals surface area contributed by atoms with E-state index in [0.29, 0.717) is 19.8 Å². The Morgan fingerprint density at radius 3 is 2.81 bits per heavy atom. The van der Waals surface area contributed by atoms with Crippen molar-refractivity contribution >= 4 is 28.3 Å². The highest BCUT2D eigenvalue weighted by Crippen LogP contribution is 2.25. The number of aryl methyl sites for hydroxylation is 1. The van der Waals surface area contributed by atoms with E-state index in [4.69, 9.17) is 9.47 Å². The van der Waals surface area contributed by atoms with Crippen LogP contribution in [0.15, 0.2) is 46.9 Å². The number of rotatable bonds is 6. The minimum absolute atomic E-state index is 0. The SMILES string of the molecule is Cc1cccc(OCC(O)CN2CCOC(c3cccc(Br)c3)C2)c1C.Cl. The first-order valence-electron chi connectivity index (χ1n) is 8.99. The third-order valence-corrected chi connectivity index (χ3v) is 5.32. The van der Waals surface area contributed by atoms with Gasteiger partial charge in [0.25, 0.3) is 0 Å². The Morgan fingerprint density at radius 2 is 2.04 bits per heavy atom. The fourth-order valence-corrected chi connectivity index (χ4v) is 3.61. The first kappa shape index (κ1) is 22.2. The summed E-state index contributed by atoms with van der Waals surface area (Å²) in [5.41, 5.74) is 3.48. The number of aliphatic hydroxyl groups excluding tert-OH is 1. The zero-order valence-corrected chi connectivity index (χ0v) is 18.1. The summed E-state index contributed by atoms with van der Waals surface area (Å²) in [5, 5.41) is 10.4. The minimum atomic E-state index is -0.531. The summed E-state index contributed by atoms with van der Waals surface area (Å²) < 4.78 is 12.8. The van der Waals surface area contributed by atoms with Crippen molar-refractivity contribution in [3.63, 3.8) is 0 Å². The van der Waals surface area contributed by atoms with Crippen molar-refractivity contribution in [3.8, 4) is 5.75 Å². The van der Waals surface area contributed by atoms with Gasteiger partial charge in [-0.15, -0.1) is 12.4 Å². The first-order chi connectivity index (χ1) is 12.5. The quantitative estimate of drug-likeness (QED) is 0.704. The van der Waals surface area contributed by atoms with Crippen LogP contribution in [0.3, 0.4) is 0 Å². The Hall–Kier alpha value is -1.11. The molecule has 4 nitrogen and oxygen atoms in total. The van der Waals surface area contributed by atoms with Crippen molar-refractivity contribution in [2.45, 2.75) is 26.1 Å². The molecule has 2 aromatic rings. The number of halogens is 2. The summed E-state index contributed by atoms with van der Waals surface area (Å²) in [6.45, 7) is 7.25. The number of hydrogen-bond donors (Lipinski definition) is 1. The maximum Gasteiger partial charge on any atom is 0.122 e. The molecule has 1 aliphatic heterocycles. The molecule has 2 atom stereocenters. The molecule has 1 fully saturated rings. The molecule has 2 aromatic carbocycles. The number of ether oxygens (including phenoxy) is 2. The van der Waals surface area contributed by atoms with E-state index in [2.05, 4.69) is 46.0 Å². The molecule has 0 amide bonds. The van der Waals surface area contributed by atoms with Gasteiger partial charge in [0.15, 0.2) is 0 Å². The van der Waals surface area contributed by atoms with Crippen molar-refractivity contribution < 1.29 is 14.6 Å². The first-order valence-corrected chi connectivity index (χ1v) is 9.78. The molecule has 0 aromatic heterocycles. The topological polar surface area (TPSA) is 41.9 Å². The van der Waals surface area contributed by atoms with Gasteiger partial charge in [-0.3, -0.25) is 4.90 Å². The van der Waals surface area contributed by atoms with Crippen molar-refractivity contribution in [3.05, 3.63) is 63.6 Å². The van der Waals surface area contributed by atoms with E-state index in [-0.39, 0.29) is 18.5 Å². The number of benzene rings is 2. The molecule has 2 unspecified atom stereocenters. The summed E-state index contributed by atoms with van der Waals surface area (Å²) in [4.78, 5) is 2.24. The monoisotopic (exact) mass is 455 g/mol. The van der Waals surface area contributed by atoms with E-state index < -0.39 is 6.10 Å². The van der Waals surface area contributed by atoms with Gasteiger partial charge in [0.2, 0.25) is 0 Å². The lowest BCUT2D eigenvalue weighted by molar-refractivity contribution is -0.0459. The second kappa shape index (κ2) is 10.4.